The first-order valence-corrected chi connectivity index (χ1v) is 3.19. The molecule has 2 rings (SSSR count). The summed E-state index contributed by atoms with van der Waals surface area (Å²) in [6.45, 7) is 1.94. The van der Waals surface area contributed by atoms with Crippen molar-refractivity contribution in [3.8, 4) is 0 Å². The summed E-state index contributed by atoms with van der Waals surface area (Å²) in [7, 11) is 0. The first-order valence-electron chi connectivity index (χ1n) is 3.19. The minimum atomic E-state index is 0. The van der Waals surface area contributed by atoms with E-state index in [0.717, 1.165) is 16.7 Å². The third-order valence-electron chi connectivity index (χ3n) is 1.56. The Morgan fingerprint density at radius 2 is 2.00 bits per heavy atom. The SMILES string of the molecule is C.Cc1noc2ccccc12. The zero-order valence-corrected chi connectivity index (χ0v) is 5.66. The van der Waals surface area contributed by atoms with E-state index in [9.17, 15) is 0 Å². The molecular weight excluding hydrogens is 138 g/mol. The predicted octanol–water partition coefficient (Wildman–Crippen LogP) is 2.77. The maximum Gasteiger partial charge on any atom is 0.167 e. The summed E-state index contributed by atoms with van der Waals surface area (Å²) in [4.78, 5) is 0. The van der Waals surface area contributed by atoms with E-state index in [1.807, 2.05) is 31.2 Å². The fourth-order valence-electron chi connectivity index (χ4n) is 1.01. The Hall–Kier alpha value is -1.31. The van der Waals surface area contributed by atoms with Crippen LogP contribution in [-0.2, 0) is 0 Å². The number of fused-ring (bicyclic) bond motifs is 1. The quantitative estimate of drug-likeness (QED) is 0.575. The van der Waals surface area contributed by atoms with Gasteiger partial charge in [-0.2, -0.15) is 0 Å². The molecule has 0 bridgehead atoms. The molecule has 0 aliphatic carbocycles. The van der Waals surface area contributed by atoms with E-state index in [0.29, 0.717) is 0 Å². The number of rotatable bonds is 0. The zero-order chi connectivity index (χ0) is 6.97. The van der Waals surface area contributed by atoms with E-state index in [1.54, 1.807) is 0 Å². The van der Waals surface area contributed by atoms with Crippen LogP contribution in [0.5, 0.6) is 0 Å². The molecule has 58 valence electrons. The number of aromatic nitrogens is 1. The molecule has 0 saturated heterocycles. The third-order valence-corrected chi connectivity index (χ3v) is 1.56. The molecule has 0 saturated carbocycles. The minimum Gasteiger partial charge on any atom is -0.356 e. The maximum absolute atomic E-state index is 5.00. The monoisotopic (exact) mass is 149 g/mol. The first kappa shape index (κ1) is 7.79. The van der Waals surface area contributed by atoms with Gasteiger partial charge in [0.25, 0.3) is 0 Å². The number of benzene rings is 1. The van der Waals surface area contributed by atoms with Gasteiger partial charge < -0.3 is 4.52 Å². The molecule has 1 aromatic heterocycles. The largest absolute Gasteiger partial charge is 0.356 e. The predicted molar refractivity (Wildman–Crippen MR) is 45.5 cm³/mol. The van der Waals surface area contributed by atoms with Crippen molar-refractivity contribution in [2.24, 2.45) is 0 Å². The van der Waals surface area contributed by atoms with Gasteiger partial charge in [-0.15, -0.1) is 0 Å². The van der Waals surface area contributed by atoms with Crippen molar-refractivity contribution < 1.29 is 4.52 Å². The number of para-hydroxylation sites is 1. The second-order valence-electron chi connectivity index (χ2n) is 2.26. The highest BCUT2D eigenvalue weighted by atomic mass is 16.5. The van der Waals surface area contributed by atoms with Crippen LogP contribution in [0.2, 0.25) is 0 Å². The Bertz CT molecular complexity index is 351. The second-order valence-corrected chi connectivity index (χ2v) is 2.26. The average molecular weight is 149 g/mol. The number of hydrogen-bond acceptors (Lipinski definition) is 2. The molecular formula is C9H11NO. The van der Waals surface area contributed by atoms with Crippen molar-refractivity contribution in [1.82, 2.24) is 5.16 Å². The molecule has 0 N–H and O–H groups in total. The Morgan fingerprint density at radius 3 is 2.73 bits per heavy atom. The van der Waals surface area contributed by atoms with Crippen LogP contribution in [0.4, 0.5) is 0 Å². The lowest BCUT2D eigenvalue weighted by Gasteiger charge is -1.82. The highest BCUT2D eigenvalue weighted by Gasteiger charge is 1.99. The molecule has 0 fully saturated rings. The molecule has 1 heterocycles. The van der Waals surface area contributed by atoms with E-state index in [-0.39, 0.29) is 7.43 Å². The van der Waals surface area contributed by atoms with Crippen molar-refractivity contribution >= 4 is 11.0 Å². The van der Waals surface area contributed by atoms with Crippen molar-refractivity contribution in [3.05, 3.63) is 30.0 Å². The van der Waals surface area contributed by atoms with Gasteiger partial charge in [0.15, 0.2) is 5.58 Å². The van der Waals surface area contributed by atoms with Crippen molar-refractivity contribution in [3.63, 3.8) is 0 Å². The molecule has 2 nitrogen and oxygen atoms in total. The van der Waals surface area contributed by atoms with Gasteiger partial charge in [0.05, 0.1) is 5.69 Å². The number of hydrogen-bond donors (Lipinski definition) is 0. The fraction of sp³-hybridized carbons (Fsp3) is 0.222. The maximum atomic E-state index is 5.00. The van der Waals surface area contributed by atoms with Gasteiger partial charge in [-0.1, -0.05) is 24.7 Å². The lowest BCUT2D eigenvalue weighted by molar-refractivity contribution is 0.450. The highest BCUT2D eigenvalue weighted by Crippen LogP contribution is 2.15. The standard InChI is InChI=1S/C8H7NO.CH4/c1-6-7-4-2-3-5-8(7)10-9-6;/h2-5H,1H3;1H4. The molecule has 0 atom stereocenters. The summed E-state index contributed by atoms with van der Waals surface area (Å²) in [5.41, 5.74) is 1.82. The molecule has 0 spiro atoms. The van der Waals surface area contributed by atoms with E-state index < -0.39 is 0 Å². The summed E-state index contributed by atoms with van der Waals surface area (Å²) in [5, 5.41) is 4.92. The molecule has 2 heteroatoms. The topological polar surface area (TPSA) is 26.0 Å². The van der Waals surface area contributed by atoms with E-state index >= 15 is 0 Å². The first-order chi connectivity index (χ1) is 4.88. The van der Waals surface area contributed by atoms with Crippen LogP contribution in [-0.4, -0.2) is 5.16 Å². The lowest BCUT2D eigenvalue weighted by atomic mass is 10.2. The second kappa shape index (κ2) is 2.74. The third kappa shape index (κ3) is 1.11. The van der Waals surface area contributed by atoms with Crippen LogP contribution in [0.3, 0.4) is 0 Å². The van der Waals surface area contributed by atoms with E-state index in [4.69, 9.17) is 4.52 Å². The molecule has 0 radical (unpaired) electrons. The molecule has 0 aliphatic heterocycles. The minimum absolute atomic E-state index is 0. The summed E-state index contributed by atoms with van der Waals surface area (Å²) in [6, 6.07) is 7.83. The van der Waals surface area contributed by atoms with Gasteiger partial charge in [-0.3, -0.25) is 0 Å². The molecule has 0 unspecified atom stereocenters. The van der Waals surface area contributed by atoms with Gasteiger partial charge in [0.2, 0.25) is 0 Å². The van der Waals surface area contributed by atoms with Gasteiger partial charge >= 0.3 is 0 Å². The van der Waals surface area contributed by atoms with Crippen LogP contribution >= 0.6 is 0 Å². The van der Waals surface area contributed by atoms with Crippen LogP contribution < -0.4 is 0 Å². The molecule has 0 amide bonds. The van der Waals surface area contributed by atoms with Crippen molar-refractivity contribution in [2.75, 3.05) is 0 Å². The smallest absolute Gasteiger partial charge is 0.167 e. The molecule has 11 heavy (non-hydrogen) atoms. The van der Waals surface area contributed by atoms with Gasteiger partial charge in [0, 0.05) is 5.39 Å². The Balaban J connectivity index is 0.000000605. The van der Waals surface area contributed by atoms with E-state index in [1.165, 1.54) is 0 Å². The highest BCUT2D eigenvalue weighted by molar-refractivity contribution is 5.78. The summed E-state index contributed by atoms with van der Waals surface area (Å²) in [6.07, 6.45) is 0. The normalized spacial score (nSPS) is 9.55. The van der Waals surface area contributed by atoms with Gasteiger partial charge in [-0.05, 0) is 19.1 Å². The van der Waals surface area contributed by atoms with E-state index in [2.05, 4.69) is 5.16 Å². The van der Waals surface area contributed by atoms with Crippen LogP contribution in [0, 0.1) is 6.92 Å². The van der Waals surface area contributed by atoms with Crippen LogP contribution in [0.25, 0.3) is 11.0 Å². The molecule has 2 aromatic rings. The summed E-state index contributed by atoms with van der Waals surface area (Å²) >= 11 is 0. The summed E-state index contributed by atoms with van der Waals surface area (Å²) < 4.78 is 5.00. The Morgan fingerprint density at radius 1 is 1.27 bits per heavy atom. The van der Waals surface area contributed by atoms with Crippen LogP contribution in [0.1, 0.15) is 13.1 Å². The zero-order valence-electron chi connectivity index (χ0n) is 5.66. The summed E-state index contributed by atoms with van der Waals surface area (Å²) in [5.74, 6) is 0. The van der Waals surface area contributed by atoms with Crippen molar-refractivity contribution in [2.45, 2.75) is 14.4 Å². The number of aryl methyl sites for hydroxylation is 1. The number of nitrogens with zero attached hydrogens (tertiary/aromatic N) is 1. The lowest BCUT2D eigenvalue weighted by Crippen LogP contribution is -1.66. The Labute approximate surface area is 65.8 Å². The van der Waals surface area contributed by atoms with Crippen molar-refractivity contribution in [1.29, 1.82) is 0 Å². The van der Waals surface area contributed by atoms with Crippen LogP contribution in [0.15, 0.2) is 28.8 Å². The average Bonchev–Trinajstić information content (AvgIpc) is 2.34. The Kier molecular flexibility index (Phi) is 1.94. The fourth-order valence-corrected chi connectivity index (χ4v) is 1.01. The van der Waals surface area contributed by atoms with Gasteiger partial charge in [-0.25, -0.2) is 0 Å². The molecule has 1 aromatic carbocycles. The molecule has 0 aliphatic rings. The van der Waals surface area contributed by atoms with Gasteiger partial charge in [0.1, 0.15) is 0 Å².